The summed E-state index contributed by atoms with van der Waals surface area (Å²) in [6, 6.07) is 5.12. The number of likely N-dealkylation sites (N-methyl/N-ethyl adjacent to an activating group) is 1. The van der Waals surface area contributed by atoms with Gasteiger partial charge in [-0.25, -0.2) is 8.42 Å². The molecule has 1 heterocycles. The van der Waals surface area contributed by atoms with Crippen molar-refractivity contribution in [1.82, 2.24) is 9.80 Å². The molecule has 7 nitrogen and oxygen atoms in total. The van der Waals surface area contributed by atoms with E-state index in [0.29, 0.717) is 25.2 Å². The molecule has 1 aromatic carbocycles. The van der Waals surface area contributed by atoms with Crippen LogP contribution in [0.25, 0.3) is 0 Å². The number of amides is 2. The number of anilines is 1. The van der Waals surface area contributed by atoms with Crippen LogP contribution in [0.5, 0.6) is 0 Å². The molecule has 0 bridgehead atoms. The van der Waals surface area contributed by atoms with E-state index < -0.39 is 27.7 Å². The number of nitrogens with zero attached hydrogens (tertiary/aromatic N) is 2. The highest BCUT2D eigenvalue weighted by atomic mass is 32.2. The second-order valence-corrected chi connectivity index (χ2v) is 9.42. The van der Waals surface area contributed by atoms with E-state index in [1.165, 1.54) is 4.90 Å². The number of hydrogen-bond acceptors (Lipinski definition) is 5. The Labute approximate surface area is 155 Å². The SMILES string of the molecule is Cc1cc(C)cc(NC(=O)C(=O)N(CCN(C)C)C2CCS(=O)(=O)C2)c1. The molecule has 1 atom stereocenters. The molecule has 1 saturated heterocycles. The lowest BCUT2D eigenvalue weighted by atomic mass is 10.1. The lowest BCUT2D eigenvalue weighted by molar-refractivity contribution is -0.144. The Morgan fingerprint density at radius 2 is 1.73 bits per heavy atom. The van der Waals surface area contributed by atoms with Gasteiger partial charge in [0.05, 0.1) is 11.5 Å². The molecule has 0 spiro atoms. The van der Waals surface area contributed by atoms with Crippen LogP contribution in [-0.4, -0.2) is 74.8 Å². The van der Waals surface area contributed by atoms with Gasteiger partial charge in [0.25, 0.3) is 0 Å². The summed E-state index contributed by atoms with van der Waals surface area (Å²) in [6.07, 6.45) is 0.373. The van der Waals surface area contributed by atoms with Crippen molar-refractivity contribution in [1.29, 1.82) is 0 Å². The molecule has 0 aromatic heterocycles. The second-order valence-electron chi connectivity index (χ2n) is 7.19. The van der Waals surface area contributed by atoms with Crippen LogP contribution in [0.1, 0.15) is 17.5 Å². The second kappa shape index (κ2) is 8.18. The van der Waals surface area contributed by atoms with Gasteiger partial charge in [0.1, 0.15) is 0 Å². The molecule has 0 radical (unpaired) electrons. The monoisotopic (exact) mass is 381 g/mol. The summed E-state index contributed by atoms with van der Waals surface area (Å²) >= 11 is 0. The highest BCUT2D eigenvalue weighted by Gasteiger charge is 2.36. The first-order valence-corrected chi connectivity index (χ1v) is 10.4. The van der Waals surface area contributed by atoms with Crippen LogP contribution in [0.15, 0.2) is 18.2 Å². The van der Waals surface area contributed by atoms with E-state index in [1.54, 1.807) is 12.1 Å². The topological polar surface area (TPSA) is 86.8 Å². The summed E-state index contributed by atoms with van der Waals surface area (Å²) in [7, 11) is 0.582. The summed E-state index contributed by atoms with van der Waals surface area (Å²) in [5, 5.41) is 2.64. The quantitative estimate of drug-likeness (QED) is 0.763. The highest BCUT2D eigenvalue weighted by molar-refractivity contribution is 7.91. The molecule has 1 aliphatic rings. The summed E-state index contributed by atoms with van der Waals surface area (Å²) in [6.45, 7) is 4.69. The fourth-order valence-electron chi connectivity index (χ4n) is 3.14. The summed E-state index contributed by atoms with van der Waals surface area (Å²) in [5.41, 5.74) is 2.53. The Bertz CT molecular complexity index is 769. The molecular formula is C18H27N3O4S. The fraction of sp³-hybridized carbons (Fsp3) is 0.556. The summed E-state index contributed by atoms with van der Waals surface area (Å²) in [4.78, 5) is 28.5. The van der Waals surface area contributed by atoms with E-state index in [4.69, 9.17) is 0 Å². The van der Waals surface area contributed by atoms with Gasteiger partial charge in [0, 0.05) is 24.8 Å². The minimum atomic E-state index is -3.15. The molecule has 2 amide bonds. The van der Waals surface area contributed by atoms with Crippen molar-refractivity contribution in [3.05, 3.63) is 29.3 Å². The number of carbonyl (C=O) groups is 2. The van der Waals surface area contributed by atoms with Crippen LogP contribution in [0.3, 0.4) is 0 Å². The maximum atomic E-state index is 12.7. The summed E-state index contributed by atoms with van der Waals surface area (Å²) in [5.74, 6) is -1.45. The number of aryl methyl sites for hydroxylation is 2. The maximum absolute atomic E-state index is 12.7. The van der Waals surface area contributed by atoms with Gasteiger partial charge in [0.2, 0.25) is 0 Å². The zero-order chi connectivity index (χ0) is 19.5. The number of nitrogens with one attached hydrogen (secondary N) is 1. The molecule has 1 aromatic rings. The van der Waals surface area contributed by atoms with Crippen LogP contribution in [0, 0.1) is 13.8 Å². The summed E-state index contributed by atoms with van der Waals surface area (Å²) < 4.78 is 23.6. The van der Waals surface area contributed by atoms with Crippen molar-refractivity contribution in [2.24, 2.45) is 0 Å². The third kappa shape index (κ3) is 5.54. The van der Waals surface area contributed by atoms with Crippen LogP contribution in [0.4, 0.5) is 5.69 Å². The first kappa shape index (κ1) is 20.4. The molecule has 1 unspecified atom stereocenters. The van der Waals surface area contributed by atoms with Crippen LogP contribution in [-0.2, 0) is 19.4 Å². The molecule has 1 N–H and O–H groups in total. The van der Waals surface area contributed by atoms with Gasteiger partial charge >= 0.3 is 11.8 Å². The fourth-order valence-corrected chi connectivity index (χ4v) is 4.87. The van der Waals surface area contributed by atoms with Crippen LogP contribution in [0.2, 0.25) is 0 Å². The Kier molecular flexibility index (Phi) is 6.41. The van der Waals surface area contributed by atoms with E-state index in [-0.39, 0.29) is 11.5 Å². The van der Waals surface area contributed by atoms with E-state index in [2.05, 4.69) is 5.32 Å². The van der Waals surface area contributed by atoms with Crippen molar-refractivity contribution in [3.8, 4) is 0 Å². The zero-order valence-corrected chi connectivity index (χ0v) is 16.6. The van der Waals surface area contributed by atoms with E-state index >= 15 is 0 Å². The number of hydrogen-bond donors (Lipinski definition) is 1. The van der Waals surface area contributed by atoms with Gasteiger partial charge in [-0.2, -0.15) is 0 Å². The lowest BCUT2D eigenvalue weighted by Crippen LogP contribution is -2.48. The minimum absolute atomic E-state index is 0.0576. The Balaban J connectivity index is 2.14. The van der Waals surface area contributed by atoms with E-state index in [1.807, 2.05) is 38.9 Å². The number of carbonyl (C=O) groups excluding carboxylic acids is 2. The van der Waals surface area contributed by atoms with Crippen LogP contribution >= 0.6 is 0 Å². The van der Waals surface area contributed by atoms with Crippen molar-refractivity contribution in [2.75, 3.05) is 44.0 Å². The largest absolute Gasteiger partial charge is 0.329 e. The smallest absolute Gasteiger partial charge is 0.313 e. The van der Waals surface area contributed by atoms with Gasteiger partial charge in [-0.1, -0.05) is 6.07 Å². The Hall–Kier alpha value is -1.93. The molecule has 1 aliphatic heterocycles. The van der Waals surface area contributed by atoms with E-state index in [9.17, 15) is 18.0 Å². The van der Waals surface area contributed by atoms with Gasteiger partial charge in [0.15, 0.2) is 9.84 Å². The van der Waals surface area contributed by atoms with Crippen molar-refractivity contribution in [3.63, 3.8) is 0 Å². The first-order chi connectivity index (χ1) is 12.1. The maximum Gasteiger partial charge on any atom is 0.313 e. The zero-order valence-electron chi connectivity index (χ0n) is 15.8. The predicted molar refractivity (Wildman–Crippen MR) is 102 cm³/mol. The molecule has 144 valence electrons. The molecule has 0 saturated carbocycles. The third-order valence-corrected chi connectivity index (χ3v) is 6.12. The van der Waals surface area contributed by atoms with Gasteiger partial charge in [-0.3, -0.25) is 9.59 Å². The van der Waals surface area contributed by atoms with E-state index in [0.717, 1.165) is 11.1 Å². The third-order valence-electron chi connectivity index (χ3n) is 4.37. The molecule has 8 heteroatoms. The number of benzene rings is 1. The van der Waals surface area contributed by atoms with Crippen molar-refractivity contribution < 1.29 is 18.0 Å². The van der Waals surface area contributed by atoms with Gasteiger partial charge < -0.3 is 15.1 Å². The van der Waals surface area contributed by atoms with Crippen LogP contribution < -0.4 is 5.32 Å². The normalized spacial score (nSPS) is 18.7. The molecular weight excluding hydrogens is 354 g/mol. The molecule has 1 fully saturated rings. The molecule has 0 aliphatic carbocycles. The average Bonchev–Trinajstić information content (AvgIpc) is 2.85. The highest BCUT2D eigenvalue weighted by Crippen LogP contribution is 2.19. The number of sulfone groups is 1. The lowest BCUT2D eigenvalue weighted by Gasteiger charge is -2.28. The Morgan fingerprint density at radius 3 is 2.23 bits per heavy atom. The van der Waals surface area contributed by atoms with Gasteiger partial charge in [-0.05, 0) is 57.6 Å². The minimum Gasteiger partial charge on any atom is -0.329 e. The number of rotatable bonds is 5. The standard InChI is InChI=1S/C18H27N3O4S/c1-13-9-14(2)11-15(10-13)19-17(22)18(23)21(7-6-20(3)4)16-5-8-26(24,25)12-16/h9-11,16H,5-8,12H2,1-4H3,(H,19,22). The first-order valence-electron chi connectivity index (χ1n) is 8.63. The average molecular weight is 381 g/mol. The predicted octanol–water partition coefficient (Wildman–Crippen LogP) is 0.819. The van der Waals surface area contributed by atoms with Gasteiger partial charge in [-0.15, -0.1) is 0 Å². The van der Waals surface area contributed by atoms with Crippen molar-refractivity contribution >= 4 is 27.3 Å². The molecule has 26 heavy (non-hydrogen) atoms. The van der Waals surface area contributed by atoms with Crippen molar-refractivity contribution in [2.45, 2.75) is 26.3 Å². The molecule has 2 rings (SSSR count). The Morgan fingerprint density at radius 1 is 1.12 bits per heavy atom.